The number of rotatable bonds is 4. The molecule has 2 unspecified atom stereocenters. The van der Waals surface area contributed by atoms with Gasteiger partial charge in [0, 0.05) is 10.1 Å². The molecule has 19 heavy (non-hydrogen) atoms. The molecule has 0 radical (unpaired) electrons. The summed E-state index contributed by atoms with van der Waals surface area (Å²) in [7, 11) is 1.70. The molecule has 0 spiro atoms. The molecule has 0 aromatic heterocycles. The Bertz CT molecular complexity index is 498. The maximum atomic E-state index is 13.6. The van der Waals surface area contributed by atoms with Crippen molar-refractivity contribution in [3.63, 3.8) is 0 Å². The summed E-state index contributed by atoms with van der Waals surface area (Å²) in [5, 5.41) is 3.02. The molecule has 1 amide bonds. The Kier molecular flexibility index (Phi) is 4.10. The lowest BCUT2D eigenvalue weighted by Crippen LogP contribution is -2.52. The highest BCUT2D eigenvalue weighted by Gasteiger charge is 2.43. The molecule has 2 atom stereocenters. The molecule has 1 aliphatic rings. The Hall–Kier alpha value is -1.14. The van der Waals surface area contributed by atoms with Gasteiger partial charge in [0.15, 0.2) is 0 Å². The fourth-order valence-corrected chi connectivity index (χ4v) is 3.75. The van der Waals surface area contributed by atoms with Crippen molar-refractivity contribution < 1.29 is 13.6 Å². The van der Waals surface area contributed by atoms with Gasteiger partial charge in [-0.15, -0.1) is 11.8 Å². The molecule has 1 fully saturated rings. The van der Waals surface area contributed by atoms with Gasteiger partial charge >= 0.3 is 0 Å². The first kappa shape index (κ1) is 14.3. The number of nitrogens with two attached hydrogens (primary N) is 1. The highest BCUT2D eigenvalue weighted by molar-refractivity contribution is 8.00. The summed E-state index contributed by atoms with van der Waals surface area (Å²) in [4.78, 5) is 11.8. The summed E-state index contributed by atoms with van der Waals surface area (Å²) >= 11 is 1.26. The molecule has 2 rings (SSSR count). The monoisotopic (exact) mass is 286 g/mol. The van der Waals surface area contributed by atoms with Crippen molar-refractivity contribution in [2.45, 2.75) is 34.9 Å². The summed E-state index contributed by atoms with van der Waals surface area (Å²) in [6, 6.07) is 3.39. The zero-order valence-electron chi connectivity index (χ0n) is 10.6. The number of nitrogens with one attached hydrogen (secondary N) is 1. The van der Waals surface area contributed by atoms with Gasteiger partial charge in [-0.2, -0.15) is 0 Å². The van der Waals surface area contributed by atoms with E-state index in [1.807, 2.05) is 0 Å². The van der Waals surface area contributed by atoms with E-state index in [-0.39, 0.29) is 10.1 Å². The normalized spacial score (nSPS) is 26.6. The van der Waals surface area contributed by atoms with Crippen LogP contribution >= 0.6 is 11.8 Å². The van der Waals surface area contributed by atoms with E-state index < -0.39 is 23.1 Å². The molecule has 0 heterocycles. The van der Waals surface area contributed by atoms with Crippen LogP contribution in [0.4, 0.5) is 8.78 Å². The first-order valence-electron chi connectivity index (χ1n) is 6.07. The second-order valence-corrected chi connectivity index (χ2v) is 6.10. The van der Waals surface area contributed by atoms with Crippen LogP contribution in [0.25, 0.3) is 0 Å². The number of benzene rings is 1. The molecule has 1 aromatic carbocycles. The zero-order chi connectivity index (χ0) is 14.0. The van der Waals surface area contributed by atoms with Gasteiger partial charge in [-0.05, 0) is 44.5 Å². The molecule has 1 aromatic rings. The van der Waals surface area contributed by atoms with E-state index in [0.29, 0.717) is 12.8 Å². The number of thioether (sulfide) groups is 1. The number of halogens is 2. The van der Waals surface area contributed by atoms with Crippen molar-refractivity contribution in [3.8, 4) is 0 Å². The Morgan fingerprint density at radius 1 is 1.53 bits per heavy atom. The van der Waals surface area contributed by atoms with Gasteiger partial charge in [-0.3, -0.25) is 4.79 Å². The zero-order valence-corrected chi connectivity index (χ0v) is 11.4. The molecule has 1 aliphatic carbocycles. The van der Waals surface area contributed by atoms with Gasteiger partial charge in [0.2, 0.25) is 5.91 Å². The first-order chi connectivity index (χ1) is 8.97. The van der Waals surface area contributed by atoms with E-state index in [0.717, 1.165) is 18.6 Å². The van der Waals surface area contributed by atoms with E-state index in [1.165, 1.54) is 17.8 Å². The summed E-state index contributed by atoms with van der Waals surface area (Å²) in [6.45, 7) is 0. The minimum atomic E-state index is -0.721. The van der Waals surface area contributed by atoms with Gasteiger partial charge in [0.25, 0.3) is 0 Å². The molecular formula is C13H16F2N2OS. The Balaban J connectivity index is 2.10. The van der Waals surface area contributed by atoms with Gasteiger partial charge < -0.3 is 11.1 Å². The Morgan fingerprint density at radius 2 is 2.26 bits per heavy atom. The minimum absolute atomic E-state index is 0.0521. The lowest BCUT2D eigenvalue weighted by atomic mass is 9.97. The third kappa shape index (κ3) is 2.90. The lowest BCUT2D eigenvalue weighted by molar-refractivity contribution is -0.124. The second-order valence-electron chi connectivity index (χ2n) is 4.75. The van der Waals surface area contributed by atoms with Crippen LogP contribution in [-0.4, -0.2) is 23.7 Å². The van der Waals surface area contributed by atoms with Crippen LogP contribution in [0.1, 0.15) is 19.3 Å². The van der Waals surface area contributed by atoms with Crippen LogP contribution in [0, 0.1) is 11.6 Å². The summed E-state index contributed by atoms with van der Waals surface area (Å²) < 4.78 is 26.7. The van der Waals surface area contributed by atoms with Gasteiger partial charge in [0.1, 0.15) is 11.6 Å². The largest absolute Gasteiger partial charge is 0.368 e. The summed E-state index contributed by atoms with van der Waals surface area (Å²) in [5.41, 5.74) is 4.69. The van der Waals surface area contributed by atoms with Crippen molar-refractivity contribution in [2.75, 3.05) is 7.05 Å². The maximum absolute atomic E-state index is 13.6. The lowest BCUT2D eigenvalue weighted by Gasteiger charge is -2.24. The molecule has 0 saturated heterocycles. The average Bonchev–Trinajstić information content (AvgIpc) is 2.79. The van der Waals surface area contributed by atoms with Crippen LogP contribution in [0.2, 0.25) is 0 Å². The molecule has 6 heteroatoms. The van der Waals surface area contributed by atoms with Crippen LogP contribution in [0.15, 0.2) is 23.1 Å². The first-order valence-corrected chi connectivity index (χ1v) is 6.95. The van der Waals surface area contributed by atoms with Crippen molar-refractivity contribution in [1.29, 1.82) is 0 Å². The van der Waals surface area contributed by atoms with Gasteiger partial charge in [-0.1, -0.05) is 0 Å². The second kappa shape index (κ2) is 5.46. The predicted octanol–water partition coefficient (Wildman–Crippen LogP) is 2.05. The number of likely N-dealkylation sites (N-methyl/N-ethyl adjacent to an activating group) is 1. The van der Waals surface area contributed by atoms with Crippen LogP contribution in [-0.2, 0) is 4.79 Å². The predicted molar refractivity (Wildman–Crippen MR) is 70.8 cm³/mol. The highest BCUT2D eigenvalue weighted by atomic mass is 32.2. The van der Waals surface area contributed by atoms with E-state index in [2.05, 4.69) is 5.32 Å². The molecule has 3 N–H and O–H groups in total. The molecule has 0 bridgehead atoms. The smallest absolute Gasteiger partial charge is 0.237 e. The van der Waals surface area contributed by atoms with E-state index in [4.69, 9.17) is 5.73 Å². The highest BCUT2D eigenvalue weighted by Crippen LogP contribution is 2.40. The number of amides is 1. The molecule has 3 nitrogen and oxygen atoms in total. The fourth-order valence-electron chi connectivity index (χ4n) is 2.42. The molecule has 1 saturated carbocycles. The number of hydrogen-bond donors (Lipinski definition) is 2. The molecular weight excluding hydrogens is 270 g/mol. The average molecular weight is 286 g/mol. The standard InChI is InChI=1S/C13H16F2N2OS/c1-17-13(12(16)18)5-4-9(7-13)19-11-6-8(14)2-3-10(11)15/h2-3,6,9,17H,4-5,7H2,1H3,(H2,16,18). The molecule has 0 aliphatic heterocycles. The topological polar surface area (TPSA) is 55.1 Å². The Morgan fingerprint density at radius 3 is 2.84 bits per heavy atom. The molecule has 104 valence electrons. The number of carbonyl (C=O) groups excluding carboxylic acids is 1. The number of primary amides is 1. The van der Waals surface area contributed by atoms with Crippen LogP contribution in [0.5, 0.6) is 0 Å². The SMILES string of the molecule is CNC1(C(N)=O)CCC(Sc2cc(F)ccc2F)C1. The van der Waals surface area contributed by atoms with Crippen molar-refractivity contribution in [2.24, 2.45) is 5.73 Å². The van der Waals surface area contributed by atoms with Crippen molar-refractivity contribution in [3.05, 3.63) is 29.8 Å². The van der Waals surface area contributed by atoms with Crippen LogP contribution < -0.4 is 11.1 Å². The number of hydrogen-bond acceptors (Lipinski definition) is 3. The van der Waals surface area contributed by atoms with Crippen molar-refractivity contribution >= 4 is 17.7 Å². The van der Waals surface area contributed by atoms with E-state index in [9.17, 15) is 13.6 Å². The summed E-state index contributed by atoms with van der Waals surface area (Å²) in [5.74, 6) is -1.29. The van der Waals surface area contributed by atoms with Gasteiger partial charge in [-0.25, -0.2) is 8.78 Å². The third-order valence-electron chi connectivity index (χ3n) is 3.61. The minimum Gasteiger partial charge on any atom is -0.368 e. The third-order valence-corrected chi connectivity index (χ3v) is 4.91. The summed E-state index contributed by atoms with van der Waals surface area (Å²) in [6.07, 6.45) is 1.89. The number of carbonyl (C=O) groups is 1. The van der Waals surface area contributed by atoms with Crippen LogP contribution in [0.3, 0.4) is 0 Å². The fraction of sp³-hybridized carbons (Fsp3) is 0.462. The van der Waals surface area contributed by atoms with E-state index >= 15 is 0 Å². The maximum Gasteiger partial charge on any atom is 0.237 e. The Labute approximate surface area is 114 Å². The van der Waals surface area contributed by atoms with Crippen molar-refractivity contribution in [1.82, 2.24) is 5.32 Å². The van der Waals surface area contributed by atoms with Gasteiger partial charge in [0.05, 0.1) is 5.54 Å². The quantitative estimate of drug-likeness (QED) is 0.890. The van der Waals surface area contributed by atoms with E-state index in [1.54, 1.807) is 7.05 Å².